The normalized spacial score (nSPS) is 12.7. The van der Waals surface area contributed by atoms with Gasteiger partial charge < -0.3 is 10.3 Å². The standard InChI is InChI=1S/C15H14ClN3OS/c1-9(13-3-2-6-21-13)17-8-14-18-12-7-10(16)4-5-11(12)15(20)19-14/h2-7,9,17H,8H2,1H3,(H,18,19,20). The van der Waals surface area contributed by atoms with Crippen molar-refractivity contribution >= 4 is 33.8 Å². The number of hydrogen-bond acceptors (Lipinski definition) is 4. The summed E-state index contributed by atoms with van der Waals surface area (Å²) in [7, 11) is 0. The van der Waals surface area contributed by atoms with Gasteiger partial charge in [0.05, 0.1) is 17.4 Å². The lowest BCUT2D eigenvalue weighted by Gasteiger charge is -2.11. The van der Waals surface area contributed by atoms with Crippen LogP contribution >= 0.6 is 22.9 Å². The van der Waals surface area contributed by atoms with Crippen molar-refractivity contribution in [2.45, 2.75) is 19.5 Å². The fourth-order valence-corrected chi connectivity index (χ4v) is 3.06. The van der Waals surface area contributed by atoms with Gasteiger partial charge in [-0.05, 0) is 36.6 Å². The molecule has 0 aliphatic carbocycles. The minimum absolute atomic E-state index is 0.141. The van der Waals surface area contributed by atoms with Crippen molar-refractivity contribution in [1.82, 2.24) is 15.3 Å². The Labute approximate surface area is 130 Å². The van der Waals surface area contributed by atoms with Gasteiger partial charge in [0, 0.05) is 15.9 Å². The van der Waals surface area contributed by atoms with Gasteiger partial charge in [-0.3, -0.25) is 4.79 Å². The van der Waals surface area contributed by atoms with Gasteiger partial charge in [0.1, 0.15) is 5.82 Å². The van der Waals surface area contributed by atoms with Gasteiger partial charge in [0.25, 0.3) is 5.56 Å². The molecule has 1 aromatic carbocycles. The Morgan fingerprint density at radius 3 is 3.05 bits per heavy atom. The lowest BCUT2D eigenvalue weighted by Crippen LogP contribution is -2.21. The fraction of sp³-hybridized carbons (Fsp3) is 0.200. The molecule has 108 valence electrons. The smallest absolute Gasteiger partial charge is 0.258 e. The first kappa shape index (κ1) is 14.3. The molecule has 0 saturated heterocycles. The van der Waals surface area contributed by atoms with E-state index in [2.05, 4.69) is 28.3 Å². The summed E-state index contributed by atoms with van der Waals surface area (Å²) in [4.78, 5) is 20.5. The highest BCUT2D eigenvalue weighted by atomic mass is 35.5. The first-order valence-electron chi connectivity index (χ1n) is 6.59. The number of nitrogens with one attached hydrogen (secondary N) is 2. The zero-order valence-corrected chi connectivity index (χ0v) is 13.0. The van der Waals surface area contributed by atoms with Crippen molar-refractivity contribution in [3.8, 4) is 0 Å². The molecule has 2 aromatic heterocycles. The molecule has 0 amide bonds. The summed E-state index contributed by atoms with van der Waals surface area (Å²) in [5.41, 5.74) is 0.476. The maximum atomic E-state index is 12.0. The molecule has 0 bridgehead atoms. The highest BCUT2D eigenvalue weighted by molar-refractivity contribution is 7.10. The molecular formula is C15H14ClN3OS. The van der Waals surface area contributed by atoms with Crippen LogP contribution in [0.1, 0.15) is 23.7 Å². The Morgan fingerprint density at radius 2 is 2.29 bits per heavy atom. The van der Waals surface area contributed by atoms with E-state index in [0.29, 0.717) is 28.3 Å². The molecule has 0 aliphatic heterocycles. The predicted molar refractivity (Wildman–Crippen MR) is 86.9 cm³/mol. The number of thiophene rings is 1. The average Bonchev–Trinajstić information content (AvgIpc) is 2.98. The lowest BCUT2D eigenvalue weighted by atomic mass is 10.2. The SMILES string of the molecule is CC(NCc1nc2cc(Cl)ccc2c(=O)[nH]1)c1cccs1. The molecular weight excluding hydrogens is 306 g/mol. The third-order valence-electron chi connectivity index (χ3n) is 3.26. The zero-order valence-electron chi connectivity index (χ0n) is 11.4. The molecule has 0 fully saturated rings. The van der Waals surface area contributed by atoms with E-state index in [1.54, 1.807) is 29.5 Å². The van der Waals surface area contributed by atoms with Crippen LogP contribution in [0.5, 0.6) is 0 Å². The van der Waals surface area contributed by atoms with Crippen LogP contribution in [0.25, 0.3) is 10.9 Å². The highest BCUT2D eigenvalue weighted by Crippen LogP contribution is 2.18. The van der Waals surface area contributed by atoms with E-state index < -0.39 is 0 Å². The predicted octanol–water partition coefficient (Wildman–Crippen LogP) is 3.49. The molecule has 3 rings (SSSR count). The van der Waals surface area contributed by atoms with Crippen molar-refractivity contribution in [3.05, 3.63) is 61.8 Å². The van der Waals surface area contributed by atoms with Gasteiger partial charge in [-0.2, -0.15) is 0 Å². The summed E-state index contributed by atoms with van der Waals surface area (Å²) in [6.45, 7) is 2.58. The Bertz CT molecular complexity index is 813. The van der Waals surface area contributed by atoms with E-state index >= 15 is 0 Å². The molecule has 1 unspecified atom stereocenters. The van der Waals surface area contributed by atoms with E-state index in [1.807, 2.05) is 11.4 Å². The van der Waals surface area contributed by atoms with Crippen LogP contribution in [0, 0.1) is 0 Å². The van der Waals surface area contributed by atoms with Crippen molar-refractivity contribution < 1.29 is 0 Å². The number of H-pyrrole nitrogens is 1. The van der Waals surface area contributed by atoms with Crippen molar-refractivity contribution in [1.29, 1.82) is 0 Å². The molecule has 0 radical (unpaired) electrons. The molecule has 3 aromatic rings. The summed E-state index contributed by atoms with van der Waals surface area (Å²) in [6.07, 6.45) is 0. The largest absolute Gasteiger partial charge is 0.309 e. The molecule has 21 heavy (non-hydrogen) atoms. The molecule has 0 aliphatic rings. The average molecular weight is 320 g/mol. The summed E-state index contributed by atoms with van der Waals surface area (Å²) >= 11 is 7.65. The van der Waals surface area contributed by atoms with E-state index in [1.165, 1.54) is 4.88 Å². The topological polar surface area (TPSA) is 57.8 Å². The summed E-state index contributed by atoms with van der Waals surface area (Å²) < 4.78 is 0. The first-order chi connectivity index (χ1) is 10.1. The van der Waals surface area contributed by atoms with Crippen molar-refractivity contribution in [2.75, 3.05) is 0 Å². The summed E-state index contributed by atoms with van der Waals surface area (Å²) in [5.74, 6) is 0.609. The minimum atomic E-state index is -0.141. The number of nitrogens with zero attached hydrogens (tertiary/aromatic N) is 1. The summed E-state index contributed by atoms with van der Waals surface area (Å²) in [5, 5.41) is 6.53. The molecule has 6 heteroatoms. The van der Waals surface area contributed by atoms with Gasteiger partial charge in [-0.1, -0.05) is 17.7 Å². The zero-order chi connectivity index (χ0) is 14.8. The van der Waals surface area contributed by atoms with Gasteiger partial charge in [0.2, 0.25) is 0 Å². The number of aromatic nitrogens is 2. The Morgan fingerprint density at radius 1 is 1.43 bits per heavy atom. The van der Waals surface area contributed by atoms with E-state index in [0.717, 1.165) is 0 Å². The Balaban J connectivity index is 1.83. The van der Waals surface area contributed by atoms with Crippen LogP contribution in [0.4, 0.5) is 0 Å². The van der Waals surface area contributed by atoms with Crippen molar-refractivity contribution in [3.63, 3.8) is 0 Å². The third kappa shape index (κ3) is 3.15. The second-order valence-corrected chi connectivity index (χ2v) is 6.21. The third-order valence-corrected chi connectivity index (χ3v) is 4.55. The second-order valence-electron chi connectivity index (χ2n) is 4.79. The van der Waals surface area contributed by atoms with Gasteiger partial charge in [0.15, 0.2) is 0 Å². The van der Waals surface area contributed by atoms with Gasteiger partial charge in [-0.25, -0.2) is 4.98 Å². The number of benzene rings is 1. The van der Waals surface area contributed by atoms with Crippen LogP contribution in [0.15, 0.2) is 40.5 Å². The van der Waals surface area contributed by atoms with Crippen molar-refractivity contribution in [2.24, 2.45) is 0 Å². The molecule has 1 atom stereocenters. The number of hydrogen-bond donors (Lipinski definition) is 2. The fourth-order valence-electron chi connectivity index (χ4n) is 2.13. The summed E-state index contributed by atoms with van der Waals surface area (Å²) in [6, 6.07) is 9.41. The Kier molecular flexibility index (Phi) is 4.05. The molecule has 2 N–H and O–H groups in total. The Hall–Kier alpha value is -1.69. The quantitative estimate of drug-likeness (QED) is 0.774. The number of halogens is 1. The molecule has 0 saturated carbocycles. The first-order valence-corrected chi connectivity index (χ1v) is 7.84. The number of aromatic amines is 1. The monoisotopic (exact) mass is 319 g/mol. The van der Waals surface area contributed by atoms with Gasteiger partial charge in [-0.15, -0.1) is 11.3 Å². The number of rotatable bonds is 4. The van der Waals surface area contributed by atoms with Crippen LogP contribution in [0.3, 0.4) is 0 Å². The highest BCUT2D eigenvalue weighted by Gasteiger charge is 2.08. The van der Waals surface area contributed by atoms with Crippen LogP contribution in [-0.4, -0.2) is 9.97 Å². The second kappa shape index (κ2) is 5.97. The molecule has 2 heterocycles. The maximum absolute atomic E-state index is 12.0. The maximum Gasteiger partial charge on any atom is 0.258 e. The molecule has 4 nitrogen and oxygen atoms in total. The van der Waals surface area contributed by atoms with Crippen LogP contribution < -0.4 is 10.9 Å². The van der Waals surface area contributed by atoms with Gasteiger partial charge >= 0.3 is 0 Å². The van der Waals surface area contributed by atoms with Crippen LogP contribution in [-0.2, 0) is 6.54 Å². The molecule has 0 spiro atoms. The minimum Gasteiger partial charge on any atom is -0.309 e. The van der Waals surface area contributed by atoms with Crippen LogP contribution in [0.2, 0.25) is 5.02 Å². The van der Waals surface area contributed by atoms with E-state index in [4.69, 9.17) is 11.6 Å². The van der Waals surface area contributed by atoms with E-state index in [-0.39, 0.29) is 11.6 Å². The van der Waals surface area contributed by atoms with E-state index in [9.17, 15) is 4.79 Å². The lowest BCUT2D eigenvalue weighted by molar-refractivity contribution is 0.567. The number of fused-ring (bicyclic) bond motifs is 1.